The molecular weight excluding hydrogens is 334 g/mol. The van der Waals surface area contributed by atoms with E-state index in [1.165, 1.54) is 17.4 Å². The minimum absolute atomic E-state index is 0.0323. The largest absolute Gasteiger partial charge is 0.477 e. The molecule has 1 N–H and O–H groups in total. The molecular formula is C11H10BrN3O3S. The number of carboxylic acids is 1. The van der Waals surface area contributed by atoms with E-state index in [-0.39, 0.29) is 5.69 Å². The highest BCUT2D eigenvalue weighted by Gasteiger charge is 2.05. The number of thiazole rings is 1. The van der Waals surface area contributed by atoms with Crippen molar-refractivity contribution >= 4 is 39.1 Å². The van der Waals surface area contributed by atoms with E-state index in [2.05, 4.69) is 25.9 Å². The number of halogens is 1. The number of ether oxygens (including phenoxy) is 1. The number of aromatic carboxylic acids is 1. The fourth-order valence-electron chi connectivity index (χ4n) is 1.37. The van der Waals surface area contributed by atoms with Crippen LogP contribution in [0.3, 0.4) is 0 Å². The molecule has 8 heteroatoms. The highest BCUT2D eigenvalue weighted by molar-refractivity contribution is 9.11. The first-order valence-corrected chi connectivity index (χ1v) is 6.81. The van der Waals surface area contributed by atoms with E-state index in [4.69, 9.17) is 9.84 Å². The molecule has 0 saturated heterocycles. The Morgan fingerprint density at radius 2 is 2.42 bits per heavy atom. The lowest BCUT2D eigenvalue weighted by Gasteiger charge is -1.99. The zero-order valence-electron chi connectivity index (χ0n) is 9.91. The van der Waals surface area contributed by atoms with Gasteiger partial charge in [-0.1, -0.05) is 17.4 Å². The second kappa shape index (κ2) is 6.09. The Morgan fingerprint density at radius 1 is 1.63 bits per heavy atom. The third kappa shape index (κ3) is 3.49. The van der Waals surface area contributed by atoms with Gasteiger partial charge in [0.05, 0.1) is 3.79 Å². The van der Waals surface area contributed by atoms with Gasteiger partial charge in [0.15, 0.2) is 16.3 Å². The van der Waals surface area contributed by atoms with Crippen molar-refractivity contribution in [3.05, 3.63) is 38.7 Å². The normalized spacial score (nSPS) is 11.8. The van der Waals surface area contributed by atoms with Gasteiger partial charge < -0.3 is 9.84 Å². The predicted octanol–water partition coefficient (Wildman–Crippen LogP) is 2.24. The number of hydrogen-bond acceptors (Lipinski definition) is 5. The topological polar surface area (TPSA) is 76.7 Å². The fourth-order valence-corrected chi connectivity index (χ4v) is 2.77. The van der Waals surface area contributed by atoms with Crippen LogP contribution < -0.4 is 4.80 Å². The van der Waals surface area contributed by atoms with Crippen LogP contribution in [-0.4, -0.2) is 27.7 Å². The molecule has 0 aliphatic heterocycles. The number of aromatic nitrogens is 2. The molecule has 0 spiro atoms. The van der Waals surface area contributed by atoms with Gasteiger partial charge in [-0.05, 0) is 28.1 Å². The van der Waals surface area contributed by atoms with Gasteiger partial charge >= 0.3 is 5.97 Å². The molecule has 0 radical (unpaired) electrons. The minimum Gasteiger partial charge on any atom is -0.477 e. The van der Waals surface area contributed by atoms with Crippen LogP contribution in [0.5, 0.6) is 0 Å². The van der Waals surface area contributed by atoms with Crippen molar-refractivity contribution in [2.75, 3.05) is 7.11 Å². The molecule has 0 aromatic carbocycles. The molecule has 0 amide bonds. The number of nitrogens with zero attached hydrogens (tertiary/aromatic N) is 3. The smallest absolute Gasteiger partial charge is 0.354 e. The van der Waals surface area contributed by atoms with Crippen molar-refractivity contribution in [2.24, 2.45) is 4.99 Å². The molecule has 0 fully saturated rings. The number of carbonyl (C=O) groups is 1. The molecule has 19 heavy (non-hydrogen) atoms. The van der Waals surface area contributed by atoms with Crippen molar-refractivity contribution < 1.29 is 14.6 Å². The van der Waals surface area contributed by atoms with Crippen LogP contribution in [0.1, 0.15) is 10.5 Å². The summed E-state index contributed by atoms with van der Waals surface area (Å²) in [6.45, 7) is 0.361. The van der Waals surface area contributed by atoms with Gasteiger partial charge in [-0.15, -0.1) is 0 Å². The summed E-state index contributed by atoms with van der Waals surface area (Å²) < 4.78 is 7.75. The van der Waals surface area contributed by atoms with Gasteiger partial charge in [0.25, 0.3) is 0 Å². The predicted molar refractivity (Wildman–Crippen MR) is 73.4 cm³/mol. The maximum Gasteiger partial charge on any atom is 0.354 e. The third-order valence-corrected chi connectivity index (χ3v) is 3.62. The quantitative estimate of drug-likeness (QED) is 0.923. The number of hydrogen-bond donors (Lipinski definition) is 1. The maximum absolute atomic E-state index is 10.8. The highest BCUT2D eigenvalue weighted by Crippen LogP contribution is 2.14. The summed E-state index contributed by atoms with van der Waals surface area (Å²) in [5.41, 5.74) is -0.0323. The number of methoxy groups -OCH3 is 1. The van der Waals surface area contributed by atoms with Crippen LogP contribution in [0.15, 0.2) is 33.2 Å². The van der Waals surface area contributed by atoms with E-state index >= 15 is 0 Å². The minimum atomic E-state index is -1.07. The molecule has 2 heterocycles. The molecule has 0 atom stereocenters. The summed E-state index contributed by atoms with van der Waals surface area (Å²) in [4.78, 5) is 19.8. The van der Waals surface area contributed by atoms with E-state index in [9.17, 15) is 4.79 Å². The van der Waals surface area contributed by atoms with Gasteiger partial charge in [-0.2, -0.15) is 0 Å². The van der Waals surface area contributed by atoms with Crippen molar-refractivity contribution in [3.8, 4) is 0 Å². The Bertz CT molecular complexity index is 665. The van der Waals surface area contributed by atoms with Crippen molar-refractivity contribution in [3.63, 3.8) is 0 Å². The molecule has 0 aliphatic carbocycles. The summed E-state index contributed by atoms with van der Waals surface area (Å²) in [7, 11) is 1.59. The van der Waals surface area contributed by atoms with Gasteiger partial charge in [-0.25, -0.2) is 14.8 Å². The van der Waals surface area contributed by atoms with Gasteiger partial charge in [0.1, 0.15) is 6.73 Å². The van der Waals surface area contributed by atoms with Gasteiger partial charge in [0, 0.05) is 13.3 Å². The summed E-state index contributed by atoms with van der Waals surface area (Å²) in [5, 5.41) is 8.88. The Morgan fingerprint density at radius 3 is 3.11 bits per heavy atom. The average Bonchev–Trinajstić information content (AvgIpc) is 2.70. The molecule has 0 bridgehead atoms. The molecule has 2 rings (SSSR count). The van der Waals surface area contributed by atoms with E-state index in [0.29, 0.717) is 17.4 Å². The Hall–Kier alpha value is -1.51. The summed E-state index contributed by atoms with van der Waals surface area (Å²) in [6.07, 6.45) is 1.84. The van der Waals surface area contributed by atoms with E-state index in [1.54, 1.807) is 23.8 Å². The lowest BCUT2D eigenvalue weighted by molar-refractivity contribution is 0.0690. The molecule has 0 unspecified atom stereocenters. The van der Waals surface area contributed by atoms with E-state index in [1.807, 2.05) is 6.20 Å². The number of rotatable bonds is 4. The van der Waals surface area contributed by atoms with E-state index < -0.39 is 5.97 Å². The zero-order valence-corrected chi connectivity index (χ0v) is 12.3. The van der Waals surface area contributed by atoms with Gasteiger partial charge in [-0.3, -0.25) is 4.57 Å². The lowest BCUT2D eigenvalue weighted by Crippen LogP contribution is -2.14. The number of pyridine rings is 1. The first kappa shape index (κ1) is 13.9. The highest BCUT2D eigenvalue weighted by atomic mass is 79.9. The second-order valence-electron chi connectivity index (χ2n) is 3.50. The maximum atomic E-state index is 10.8. The Labute approximate surface area is 121 Å². The van der Waals surface area contributed by atoms with Crippen molar-refractivity contribution in [1.29, 1.82) is 0 Å². The van der Waals surface area contributed by atoms with Crippen molar-refractivity contribution in [2.45, 2.75) is 6.73 Å². The molecule has 0 aliphatic rings. The Kier molecular flexibility index (Phi) is 4.46. The van der Waals surface area contributed by atoms with E-state index in [0.717, 1.165) is 3.79 Å². The molecule has 6 nitrogen and oxygen atoms in total. The Balaban J connectivity index is 2.45. The van der Waals surface area contributed by atoms with Crippen LogP contribution >= 0.6 is 27.3 Å². The summed E-state index contributed by atoms with van der Waals surface area (Å²) in [5.74, 6) is -0.728. The molecule has 2 aromatic heterocycles. The summed E-state index contributed by atoms with van der Waals surface area (Å²) >= 11 is 4.78. The standard InChI is InChI=1S/C11H10BrN3O3S/c1-18-6-15-5-8(12)19-11(15)14-9-4-2-3-7(13-9)10(16)17/h2-5H,6H2,1H3,(H,16,17). The fraction of sp³-hybridized carbons (Fsp3) is 0.182. The number of carboxylic acid groups (broad SMARTS) is 1. The molecule has 2 aromatic rings. The second-order valence-corrected chi connectivity index (χ2v) is 5.89. The monoisotopic (exact) mass is 343 g/mol. The average molecular weight is 344 g/mol. The van der Waals surface area contributed by atoms with Crippen molar-refractivity contribution in [1.82, 2.24) is 9.55 Å². The summed E-state index contributed by atoms with van der Waals surface area (Å²) in [6, 6.07) is 4.69. The lowest BCUT2D eigenvalue weighted by atomic mass is 10.3. The molecule has 100 valence electrons. The SMILES string of the molecule is COCn1cc(Br)sc1=Nc1cccc(C(=O)O)n1. The first-order valence-electron chi connectivity index (χ1n) is 5.20. The van der Waals surface area contributed by atoms with Crippen LogP contribution in [-0.2, 0) is 11.5 Å². The first-order chi connectivity index (χ1) is 9.10. The molecule has 0 saturated carbocycles. The van der Waals surface area contributed by atoms with Crippen LogP contribution in [0.4, 0.5) is 5.82 Å². The zero-order chi connectivity index (χ0) is 13.8. The van der Waals surface area contributed by atoms with Crippen LogP contribution in [0, 0.1) is 0 Å². The van der Waals surface area contributed by atoms with Crippen LogP contribution in [0.25, 0.3) is 0 Å². The third-order valence-electron chi connectivity index (χ3n) is 2.12. The van der Waals surface area contributed by atoms with Crippen LogP contribution in [0.2, 0.25) is 0 Å². The van der Waals surface area contributed by atoms with Gasteiger partial charge in [0.2, 0.25) is 0 Å².